The third kappa shape index (κ3) is 4.63. The fraction of sp³-hybridized carbons (Fsp3) is 0.278. The van der Waals surface area contributed by atoms with E-state index < -0.39 is 0 Å². The van der Waals surface area contributed by atoms with Crippen molar-refractivity contribution in [2.75, 3.05) is 6.54 Å². The van der Waals surface area contributed by atoms with Crippen molar-refractivity contribution in [3.63, 3.8) is 0 Å². The predicted octanol–water partition coefficient (Wildman–Crippen LogP) is 3.46. The second-order valence-corrected chi connectivity index (χ2v) is 5.77. The van der Waals surface area contributed by atoms with E-state index in [4.69, 9.17) is 0 Å². The molecule has 0 saturated heterocycles. The Morgan fingerprint density at radius 1 is 0.905 bits per heavy atom. The molecule has 0 radical (unpaired) electrons. The van der Waals surface area contributed by atoms with Gasteiger partial charge >= 0.3 is 6.03 Å². The lowest BCUT2D eigenvalue weighted by molar-refractivity contribution is 0.238. The number of benzene rings is 2. The van der Waals surface area contributed by atoms with Crippen molar-refractivity contribution in [2.45, 2.75) is 25.8 Å². The summed E-state index contributed by atoms with van der Waals surface area (Å²) in [5.74, 6) is 0. The number of urea groups is 1. The zero-order valence-electron chi connectivity index (χ0n) is 12.6. The summed E-state index contributed by atoms with van der Waals surface area (Å²) in [6, 6.07) is 20.0. The van der Waals surface area contributed by atoms with E-state index in [2.05, 4.69) is 36.6 Å². The summed E-state index contributed by atoms with van der Waals surface area (Å²) in [4.78, 5) is 11.9. The second kappa shape index (κ2) is 6.93. The van der Waals surface area contributed by atoms with Gasteiger partial charge in [0.05, 0.1) is 0 Å². The normalized spacial score (nSPS) is 11.0. The van der Waals surface area contributed by atoms with Gasteiger partial charge in [0.1, 0.15) is 0 Å². The molecule has 0 fully saturated rings. The van der Waals surface area contributed by atoms with E-state index in [1.54, 1.807) is 0 Å². The third-order valence-corrected chi connectivity index (χ3v) is 3.54. The Kier molecular flexibility index (Phi) is 4.99. The molecule has 2 aromatic carbocycles. The number of carbonyl (C=O) groups is 1. The van der Waals surface area contributed by atoms with E-state index in [1.807, 2.05) is 48.5 Å². The first kappa shape index (κ1) is 15.1. The van der Waals surface area contributed by atoms with Crippen molar-refractivity contribution in [3.8, 4) is 0 Å². The van der Waals surface area contributed by atoms with Gasteiger partial charge in [-0.3, -0.25) is 0 Å². The van der Waals surface area contributed by atoms with Crippen molar-refractivity contribution in [2.24, 2.45) is 0 Å². The molecule has 3 nitrogen and oxygen atoms in total. The van der Waals surface area contributed by atoms with Crippen LogP contribution < -0.4 is 10.6 Å². The molecule has 110 valence electrons. The molecule has 0 bridgehead atoms. The van der Waals surface area contributed by atoms with Crippen molar-refractivity contribution >= 4 is 6.03 Å². The highest BCUT2D eigenvalue weighted by atomic mass is 16.2. The smallest absolute Gasteiger partial charge is 0.315 e. The average molecular weight is 282 g/mol. The zero-order valence-corrected chi connectivity index (χ0v) is 12.6. The highest BCUT2D eigenvalue weighted by Gasteiger charge is 2.20. The third-order valence-electron chi connectivity index (χ3n) is 3.54. The van der Waals surface area contributed by atoms with Crippen LogP contribution in [0.25, 0.3) is 0 Å². The number of nitrogens with one attached hydrogen (secondary N) is 2. The van der Waals surface area contributed by atoms with Gasteiger partial charge in [-0.1, -0.05) is 74.5 Å². The van der Waals surface area contributed by atoms with Gasteiger partial charge in [-0.2, -0.15) is 0 Å². The van der Waals surface area contributed by atoms with Crippen LogP contribution in [0.3, 0.4) is 0 Å². The molecule has 21 heavy (non-hydrogen) atoms. The van der Waals surface area contributed by atoms with E-state index in [0.717, 1.165) is 5.56 Å². The highest BCUT2D eigenvalue weighted by molar-refractivity contribution is 5.73. The number of hydrogen-bond acceptors (Lipinski definition) is 1. The van der Waals surface area contributed by atoms with Crippen LogP contribution in [-0.4, -0.2) is 12.6 Å². The van der Waals surface area contributed by atoms with Gasteiger partial charge < -0.3 is 10.6 Å². The minimum atomic E-state index is -0.136. The summed E-state index contributed by atoms with van der Waals surface area (Å²) in [6.07, 6.45) is 0. The first-order chi connectivity index (χ1) is 10.1. The minimum absolute atomic E-state index is 0.0919. The Hall–Kier alpha value is -2.29. The molecule has 2 aromatic rings. The summed E-state index contributed by atoms with van der Waals surface area (Å²) in [6.45, 7) is 5.38. The number of amides is 2. The van der Waals surface area contributed by atoms with Crippen molar-refractivity contribution in [1.29, 1.82) is 0 Å². The van der Waals surface area contributed by atoms with Crippen LogP contribution in [0, 0.1) is 0 Å². The van der Waals surface area contributed by atoms with Crippen LogP contribution in [0.2, 0.25) is 0 Å². The largest absolute Gasteiger partial charge is 0.337 e. The fourth-order valence-corrected chi connectivity index (χ4v) is 2.13. The lowest BCUT2D eigenvalue weighted by Gasteiger charge is -2.25. The molecule has 2 amide bonds. The summed E-state index contributed by atoms with van der Waals surface area (Å²) in [5.41, 5.74) is 2.22. The van der Waals surface area contributed by atoms with Crippen molar-refractivity contribution in [3.05, 3.63) is 71.8 Å². The molecular weight excluding hydrogens is 260 g/mol. The Morgan fingerprint density at radius 3 is 2.10 bits per heavy atom. The van der Waals surface area contributed by atoms with Crippen LogP contribution in [0.5, 0.6) is 0 Å². The maximum atomic E-state index is 11.9. The zero-order chi connectivity index (χ0) is 15.1. The minimum Gasteiger partial charge on any atom is -0.337 e. The van der Waals surface area contributed by atoms with Gasteiger partial charge in [0, 0.05) is 18.5 Å². The quantitative estimate of drug-likeness (QED) is 0.866. The van der Waals surface area contributed by atoms with Crippen LogP contribution in [-0.2, 0) is 12.0 Å². The molecule has 0 aliphatic carbocycles. The average Bonchev–Trinajstić information content (AvgIpc) is 2.53. The highest BCUT2D eigenvalue weighted by Crippen LogP contribution is 2.21. The van der Waals surface area contributed by atoms with Gasteiger partial charge in [-0.25, -0.2) is 4.79 Å². The molecule has 2 N–H and O–H groups in total. The molecule has 0 atom stereocenters. The Bertz CT molecular complexity index is 564. The summed E-state index contributed by atoms with van der Waals surface area (Å²) < 4.78 is 0. The molecule has 0 heterocycles. The Labute approximate surface area is 126 Å². The van der Waals surface area contributed by atoms with Gasteiger partial charge in [-0.05, 0) is 11.1 Å². The topological polar surface area (TPSA) is 41.1 Å². The molecular formula is C18H22N2O. The second-order valence-electron chi connectivity index (χ2n) is 5.77. The Morgan fingerprint density at radius 2 is 1.48 bits per heavy atom. The lowest BCUT2D eigenvalue weighted by atomic mass is 9.85. The standard InChI is InChI=1S/C18H22N2O/c1-18(2,16-11-7-4-8-12-16)14-20-17(21)19-13-15-9-5-3-6-10-15/h3-12H,13-14H2,1-2H3,(H2,19,20,21). The van der Waals surface area contributed by atoms with E-state index in [0.29, 0.717) is 13.1 Å². The molecule has 0 aliphatic heterocycles. The molecule has 0 saturated carbocycles. The fourth-order valence-electron chi connectivity index (χ4n) is 2.13. The van der Waals surface area contributed by atoms with E-state index in [-0.39, 0.29) is 11.4 Å². The SMILES string of the molecule is CC(C)(CNC(=O)NCc1ccccc1)c1ccccc1. The van der Waals surface area contributed by atoms with Crippen LogP contribution >= 0.6 is 0 Å². The Balaban J connectivity index is 1.81. The molecule has 0 aromatic heterocycles. The maximum Gasteiger partial charge on any atom is 0.315 e. The van der Waals surface area contributed by atoms with Crippen LogP contribution in [0.15, 0.2) is 60.7 Å². The van der Waals surface area contributed by atoms with Crippen molar-refractivity contribution in [1.82, 2.24) is 10.6 Å². The lowest BCUT2D eigenvalue weighted by Crippen LogP contribution is -2.42. The van der Waals surface area contributed by atoms with Gasteiger partial charge in [0.25, 0.3) is 0 Å². The van der Waals surface area contributed by atoms with E-state index >= 15 is 0 Å². The summed E-state index contributed by atoms with van der Waals surface area (Å²) >= 11 is 0. The monoisotopic (exact) mass is 282 g/mol. The van der Waals surface area contributed by atoms with Crippen molar-refractivity contribution < 1.29 is 4.79 Å². The number of carbonyl (C=O) groups excluding carboxylic acids is 1. The van der Waals surface area contributed by atoms with Gasteiger partial charge in [-0.15, -0.1) is 0 Å². The summed E-state index contributed by atoms with van der Waals surface area (Å²) in [5, 5.41) is 5.81. The maximum absolute atomic E-state index is 11.9. The van der Waals surface area contributed by atoms with Gasteiger partial charge in [0.2, 0.25) is 0 Å². The summed E-state index contributed by atoms with van der Waals surface area (Å²) in [7, 11) is 0. The molecule has 3 heteroatoms. The van der Waals surface area contributed by atoms with Crippen LogP contribution in [0.1, 0.15) is 25.0 Å². The first-order valence-corrected chi connectivity index (χ1v) is 7.19. The predicted molar refractivity (Wildman–Crippen MR) is 86.1 cm³/mol. The van der Waals surface area contributed by atoms with Gasteiger partial charge in [0.15, 0.2) is 0 Å². The number of hydrogen-bond donors (Lipinski definition) is 2. The first-order valence-electron chi connectivity index (χ1n) is 7.19. The molecule has 0 unspecified atom stereocenters. The molecule has 0 spiro atoms. The van der Waals surface area contributed by atoms with E-state index in [1.165, 1.54) is 5.56 Å². The van der Waals surface area contributed by atoms with E-state index in [9.17, 15) is 4.79 Å². The van der Waals surface area contributed by atoms with Crippen LogP contribution in [0.4, 0.5) is 4.79 Å². The number of rotatable bonds is 5. The molecule has 0 aliphatic rings. The molecule has 2 rings (SSSR count).